The lowest BCUT2D eigenvalue weighted by Crippen LogP contribution is -2.50. The Morgan fingerprint density at radius 3 is 2.53 bits per heavy atom. The van der Waals surface area contributed by atoms with Gasteiger partial charge in [-0.1, -0.05) is 0 Å². The average Bonchev–Trinajstić information content (AvgIpc) is 3.47. The third-order valence-electron chi connectivity index (χ3n) is 4.89. The number of amides is 2. The molecule has 1 aromatic carbocycles. The molecule has 1 fully saturated rings. The standard InChI is InChI=1S/C22H21FN2O5/c23-17-7-5-16(6-8-17)21(26)25(13-18-3-1-10-28-18)15-19-14-24(9-12-29-19)22(27)20-4-2-11-30-20/h1-8,10-11,19H,9,12-15H2. The minimum atomic E-state index is -0.410. The zero-order valence-electron chi connectivity index (χ0n) is 16.2. The van der Waals surface area contributed by atoms with Crippen LogP contribution in [0.1, 0.15) is 26.7 Å². The van der Waals surface area contributed by atoms with E-state index in [4.69, 9.17) is 13.6 Å². The molecule has 156 valence electrons. The van der Waals surface area contributed by atoms with Crippen molar-refractivity contribution < 1.29 is 27.6 Å². The van der Waals surface area contributed by atoms with E-state index in [1.54, 1.807) is 34.1 Å². The van der Waals surface area contributed by atoms with Gasteiger partial charge in [0.2, 0.25) is 0 Å². The summed E-state index contributed by atoms with van der Waals surface area (Å²) in [4.78, 5) is 28.9. The summed E-state index contributed by atoms with van der Waals surface area (Å²) in [5.41, 5.74) is 0.363. The molecule has 0 bridgehead atoms. The van der Waals surface area contributed by atoms with Crippen LogP contribution in [-0.2, 0) is 11.3 Å². The first-order chi connectivity index (χ1) is 14.6. The number of hydrogen-bond donors (Lipinski definition) is 0. The number of ether oxygens (including phenoxy) is 1. The SMILES string of the molecule is O=C(c1ccc(F)cc1)N(Cc1ccco1)CC1CN(C(=O)c2ccco2)CCO1. The number of furan rings is 2. The maximum atomic E-state index is 13.3. The Morgan fingerprint density at radius 1 is 1.07 bits per heavy atom. The van der Waals surface area contributed by atoms with Gasteiger partial charge in [0.05, 0.1) is 31.8 Å². The second-order valence-corrected chi connectivity index (χ2v) is 6.99. The summed E-state index contributed by atoms with van der Waals surface area (Å²) in [5.74, 6) is -0.0117. The molecule has 0 radical (unpaired) electrons. The van der Waals surface area contributed by atoms with Gasteiger partial charge in [0.1, 0.15) is 11.6 Å². The predicted octanol–water partition coefficient (Wildman–Crippen LogP) is 3.20. The van der Waals surface area contributed by atoms with Gasteiger partial charge in [0.25, 0.3) is 11.8 Å². The number of nitrogens with zero attached hydrogens (tertiary/aromatic N) is 2. The zero-order valence-corrected chi connectivity index (χ0v) is 16.2. The van der Waals surface area contributed by atoms with Crippen LogP contribution in [0.15, 0.2) is 69.9 Å². The van der Waals surface area contributed by atoms with Crippen LogP contribution in [-0.4, -0.2) is 54.0 Å². The maximum absolute atomic E-state index is 13.3. The first kappa shape index (κ1) is 19.9. The van der Waals surface area contributed by atoms with Crippen molar-refractivity contribution in [2.75, 3.05) is 26.2 Å². The van der Waals surface area contributed by atoms with Crippen LogP contribution in [0.5, 0.6) is 0 Å². The van der Waals surface area contributed by atoms with Crippen LogP contribution in [0.4, 0.5) is 4.39 Å². The first-order valence-electron chi connectivity index (χ1n) is 9.62. The van der Waals surface area contributed by atoms with Gasteiger partial charge < -0.3 is 23.4 Å². The molecule has 3 heterocycles. The van der Waals surface area contributed by atoms with Crippen LogP contribution in [0.2, 0.25) is 0 Å². The maximum Gasteiger partial charge on any atom is 0.289 e. The summed E-state index contributed by atoms with van der Waals surface area (Å²) in [6, 6.07) is 12.2. The van der Waals surface area contributed by atoms with Crippen molar-refractivity contribution in [2.24, 2.45) is 0 Å². The van der Waals surface area contributed by atoms with E-state index in [1.165, 1.54) is 36.8 Å². The fourth-order valence-corrected chi connectivity index (χ4v) is 3.40. The van der Waals surface area contributed by atoms with Crippen molar-refractivity contribution >= 4 is 11.8 Å². The smallest absolute Gasteiger partial charge is 0.289 e. The van der Waals surface area contributed by atoms with Crippen molar-refractivity contribution in [1.29, 1.82) is 0 Å². The lowest BCUT2D eigenvalue weighted by Gasteiger charge is -2.35. The lowest BCUT2D eigenvalue weighted by atomic mass is 10.1. The number of hydrogen-bond acceptors (Lipinski definition) is 5. The lowest BCUT2D eigenvalue weighted by molar-refractivity contribution is -0.0351. The highest BCUT2D eigenvalue weighted by molar-refractivity contribution is 5.94. The van der Waals surface area contributed by atoms with Gasteiger partial charge in [-0.05, 0) is 48.5 Å². The molecule has 4 rings (SSSR count). The Labute approximate surface area is 172 Å². The van der Waals surface area contributed by atoms with E-state index < -0.39 is 5.82 Å². The van der Waals surface area contributed by atoms with Gasteiger partial charge in [0.15, 0.2) is 5.76 Å². The van der Waals surface area contributed by atoms with E-state index in [9.17, 15) is 14.0 Å². The van der Waals surface area contributed by atoms with Crippen LogP contribution in [0.3, 0.4) is 0 Å². The van der Waals surface area contributed by atoms with Gasteiger partial charge in [0, 0.05) is 25.2 Å². The van der Waals surface area contributed by atoms with Crippen molar-refractivity contribution in [3.63, 3.8) is 0 Å². The molecular formula is C22H21FN2O5. The molecular weight excluding hydrogens is 391 g/mol. The molecule has 1 aliphatic heterocycles. The van der Waals surface area contributed by atoms with E-state index >= 15 is 0 Å². The number of carbonyl (C=O) groups is 2. The number of rotatable bonds is 6. The van der Waals surface area contributed by atoms with Gasteiger partial charge in [-0.15, -0.1) is 0 Å². The molecule has 0 N–H and O–H groups in total. The molecule has 1 atom stereocenters. The Kier molecular flexibility index (Phi) is 5.94. The second kappa shape index (κ2) is 8.96. The number of benzene rings is 1. The van der Waals surface area contributed by atoms with Crippen LogP contribution >= 0.6 is 0 Å². The van der Waals surface area contributed by atoms with Crippen molar-refractivity contribution in [3.05, 3.63) is 84.0 Å². The summed E-state index contributed by atoms with van der Waals surface area (Å²) < 4.78 is 29.7. The Morgan fingerprint density at radius 2 is 1.83 bits per heavy atom. The van der Waals surface area contributed by atoms with E-state index in [0.29, 0.717) is 31.0 Å². The van der Waals surface area contributed by atoms with E-state index in [1.807, 2.05) is 0 Å². The fraction of sp³-hybridized carbons (Fsp3) is 0.273. The van der Waals surface area contributed by atoms with E-state index in [0.717, 1.165) is 0 Å². The molecule has 8 heteroatoms. The third-order valence-corrected chi connectivity index (χ3v) is 4.89. The molecule has 3 aromatic rings. The monoisotopic (exact) mass is 412 g/mol. The molecule has 0 spiro atoms. The molecule has 2 aromatic heterocycles. The first-order valence-corrected chi connectivity index (χ1v) is 9.62. The van der Waals surface area contributed by atoms with Gasteiger partial charge in [-0.3, -0.25) is 9.59 Å². The minimum Gasteiger partial charge on any atom is -0.467 e. The molecule has 1 unspecified atom stereocenters. The highest BCUT2D eigenvalue weighted by Gasteiger charge is 2.29. The Bertz CT molecular complexity index is 970. The molecule has 0 aliphatic carbocycles. The number of halogens is 1. The summed E-state index contributed by atoms with van der Waals surface area (Å²) in [5, 5.41) is 0. The quantitative estimate of drug-likeness (QED) is 0.622. The molecule has 1 aliphatic rings. The molecule has 0 saturated carbocycles. The highest BCUT2D eigenvalue weighted by Crippen LogP contribution is 2.16. The van der Waals surface area contributed by atoms with E-state index in [-0.39, 0.29) is 36.8 Å². The highest BCUT2D eigenvalue weighted by atomic mass is 19.1. The summed E-state index contributed by atoms with van der Waals surface area (Å²) in [6.07, 6.45) is 2.62. The zero-order chi connectivity index (χ0) is 20.9. The van der Waals surface area contributed by atoms with Crippen LogP contribution in [0, 0.1) is 5.82 Å². The van der Waals surface area contributed by atoms with E-state index in [2.05, 4.69) is 0 Å². The van der Waals surface area contributed by atoms with Gasteiger partial charge >= 0.3 is 0 Å². The number of morpholine rings is 1. The molecule has 30 heavy (non-hydrogen) atoms. The normalized spacial score (nSPS) is 16.4. The van der Waals surface area contributed by atoms with Crippen molar-refractivity contribution in [2.45, 2.75) is 12.6 Å². The molecule has 7 nitrogen and oxygen atoms in total. The topological polar surface area (TPSA) is 76.1 Å². The number of carbonyl (C=O) groups excluding carboxylic acids is 2. The molecule has 2 amide bonds. The Balaban J connectivity index is 1.48. The predicted molar refractivity (Wildman–Crippen MR) is 104 cm³/mol. The summed E-state index contributed by atoms with van der Waals surface area (Å²) in [7, 11) is 0. The Hall–Kier alpha value is -3.39. The van der Waals surface area contributed by atoms with Gasteiger partial charge in [-0.2, -0.15) is 0 Å². The summed E-state index contributed by atoms with van der Waals surface area (Å²) >= 11 is 0. The van der Waals surface area contributed by atoms with Crippen LogP contribution in [0.25, 0.3) is 0 Å². The third kappa shape index (κ3) is 4.60. The second-order valence-electron chi connectivity index (χ2n) is 6.99. The molecule has 1 saturated heterocycles. The summed E-state index contributed by atoms with van der Waals surface area (Å²) in [6.45, 7) is 1.61. The van der Waals surface area contributed by atoms with Crippen molar-refractivity contribution in [1.82, 2.24) is 9.80 Å². The largest absolute Gasteiger partial charge is 0.467 e. The van der Waals surface area contributed by atoms with Crippen molar-refractivity contribution in [3.8, 4) is 0 Å². The average molecular weight is 412 g/mol. The van der Waals surface area contributed by atoms with Crippen LogP contribution < -0.4 is 0 Å². The minimum absolute atomic E-state index is 0.212. The van der Waals surface area contributed by atoms with Gasteiger partial charge in [-0.25, -0.2) is 4.39 Å². The fourth-order valence-electron chi connectivity index (χ4n) is 3.40.